The zero-order valence-corrected chi connectivity index (χ0v) is 21.0. The summed E-state index contributed by atoms with van der Waals surface area (Å²) in [5.74, 6) is -0.585. The van der Waals surface area contributed by atoms with Crippen molar-refractivity contribution in [1.82, 2.24) is 10.2 Å². The molecule has 1 saturated heterocycles. The van der Waals surface area contributed by atoms with Gasteiger partial charge in [-0.15, -0.1) is 0 Å². The number of carbonyl (C=O) groups excluding carboxylic acids is 3. The van der Waals surface area contributed by atoms with Crippen LogP contribution < -0.4 is 10.1 Å². The number of ether oxygens (including phenoxy) is 3. The molecule has 1 aliphatic heterocycles. The van der Waals surface area contributed by atoms with Gasteiger partial charge in [-0.05, 0) is 42.0 Å². The van der Waals surface area contributed by atoms with Crippen LogP contribution in [0.1, 0.15) is 22.3 Å². The third kappa shape index (κ3) is 6.95. The average Bonchev–Trinajstić information content (AvgIpc) is 3.29. The van der Waals surface area contributed by atoms with Crippen molar-refractivity contribution in [2.24, 2.45) is 0 Å². The van der Waals surface area contributed by atoms with Crippen molar-refractivity contribution in [3.05, 3.63) is 96.1 Å². The van der Waals surface area contributed by atoms with Gasteiger partial charge in [-0.2, -0.15) is 0 Å². The molecule has 4 rings (SSSR count). The molecule has 0 aromatic heterocycles. The van der Waals surface area contributed by atoms with E-state index in [9.17, 15) is 14.4 Å². The highest BCUT2D eigenvalue weighted by Gasteiger charge is 2.50. The number of esters is 1. The van der Waals surface area contributed by atoms with Crippen LogP contribution >= 0.6 is 0 Å². The van der Waals surface area contributed by atoms with Crippen LogP contribution in [-0.4, -0.2) is 61.2 Å². The molecule has 8 nitrogen and oxygen atoms in total. The summed E-state index contributed by atoms with van der Waals surface area (Å²) in [6.07, 6.45) is -0.253. The average molecular weight is 521 g/mol. The first-order valence-corrected chi connectivity index (χ1v) is 12.2. The lowest BCUT2D eigenvalue weighted by atomic mass is 10.0. The number of hydrogen-bond acceptors (Lipinski definition) is 6. The summed E-state index contributed by atoms with van der Waals surface area (Å²) >= 11 is 0. The van der Waals surface area contributed by atoms with E-state index >= 15 is 4.39 Å². The molecule has 1 heterocycles. The van der Waals surface area contributed by atoms with E-state index in [0.717, 1.165) is 10.5 Å². The highest BCUT2D eigenvalue weighted by atomic mass is 19.1. The summed E-state index contributed by atoms with van der Waals surface area (Å²) < 4.78 is 31.4. The van der Waals surface area contributed by atoms with Crippen LogP contribution in [0.3, 0.4) is 0 Å². The monoisotopic (exact) mass is 520 g/mol. The number of likely N-dealkylation sites (tertiary alicyclic amines) is 1. The fourth-order valence-corrected chi connectivity index (χ4v) is 4.26. The van der Waals surface area contributed by atoms with Gasteiger partial charge in [0.15, 0.2) is 5.67 Å². The van der Waals surface area contributed by atoms with Crippen LogP contribution in [0.2, 0.25) is 0 Å². The molecule has 0 bridgehead atoms. The molecule has 1 N–H and O–H groups in total. The maximum Gasteiger partial charge on any atom is 0.329 e. The second-order valence-corrected chi connectivity index (χ2v) is 9.04. The van der Waals surface area contributed by atoms with Crippen molar-refractivity contribution in [3.63, 3.8) is 0 Å². The Labute approximate surface area is 220 Å². The second kappa shape index (κ2) is 12.3. The lowest BCUT2D eigenvalue weighted by Crippen LogP contribution is -2.46. The van der Waals surface area contributed by atoms with Gasteiger partial charge in [-0.1, -0.05) is 48.5 Å². The fraction of sp³-hybridized carbons (Fsp3) is 0.276. The molecule has 1 aliphatic rings. The van der Waals surface area contributed by atoms with Gasteiger partial charge in [0.25, 0.3) is 5.91 Å². The van der Waals surface area contributed by atoms with E-state index in [0.29, 0.717) is 17.1 Å². The zero-order chi connectivity index (χ0) is 27.0. The smallest absolute Gasteiger partial charge is 0.329 e. The summed E-state index contributed by atoms with van der Waals surface area (Å²) in [5.41, 5.74) is -0.815. The molecule has 3 aromatic rings. The molecule has 3 aromatic carbocycles. The summed E-state index contributed by atoms with van der Waals surface area (Å²) in [7, 11) is 1.35. The lowest BCUT2D eigenvalue weighted by Gasteiger charge is -2.23. The van der Waals surface area contributed by atoms with Gasteiger partial charge in [-0.3, -0.25) is 9.59 Å². The Morgan fingerprint density at radius 2 is 1.58 bits per heavy atom. The Balaban J connectivity index is 1.35. The van der Waals surface area contributed by atoms with E-state index in [4.69, 9.17) is 14.2 Å². The molecule has 9 heteroatoms. The number of nitrogens with one attached hydrogen (secondary N) is 1. The molecule has 2 amide bonds. The maximum absolute atomic E-state index is 15.3. The minimum atomic E-state index is -1.90. The Bertz CT molecular complexity index is 1240. The van der Waals surface area contributed by atoms with Gasteiger partial charge in [0.1, 0.15) is 24.1 Å². The molecule has 198 valence electrons. The van der Waals surface area contributed by atoms with E-state index in [-0.39, 0.29) is 26.2 Å². The van der Waals surface area contributed by atoms with Gasteiger partial charge < -0.3 is 24.4 Å². The summed E-state index contributed by atoms with van der Waals surface area (Å²) in [6.45, 7) is -1.02. The predicted octanol–water partition coefficient (Wildman–Crippen LogP) is 3.91. The quantitative estimate of drug-likeness (QED) is 0.408. The molecule has 0 spiro atoms. The van der Waals surface area contributed by atoms with Crippen LogP contribution in [0.15, 0.2) is 84.9 Å². The molecule has 0 aliphatic carbocycles. The van der Waals surface area contributed by atoms with Crippen molar-refractivity contribution in [2.75, 3.05) is 26.8 Å². The largest absolute Gasteiger partial charge is 0.459 e. The summed E-state index contributed by atoms with van der Waals surface area (Å²) in [5, 5.41) is 2.54. The van der Waals surface area contributed by atoms with Crippen molar-refractivity contribution >= 4 is 17.8 Å². The molecule has 38 heavy (non-hydrogen) atoms. The molecule has 0 radical (unpaired) electrons. The third-order valence-corrected chi connectivity index (χ3v) is 6.10. The first kappa shape index (κ1) is 26.8. The van der Waals surface area contributed by atoms with E-state index in [2.05, 4.69) is 5.32 Å². The molecule has 0 saturated carbocycles. The number of alkyl halides is 1. The molecular formula is C29H29FN2O6. The number of halogens is 1. The zero-order valence-electron chi connectivity index (χ0n) is 21.0. The second-order valence-electron chi connectivity index (χ2n) is 9.04. The van der Waals surface area contributed by atoms with Crippen molar-refractivity contribution in [3.8, 4) is 11.5 Å². The number of para-hydroxylation sites is 1. The first-order valence-electron chi connectivity index (χ1n) is 12.2. The summed E-state index contributed by atoms with van der Waals surface area (Å²) in [4.78, 5) is 39.6. The Hall–Kier alpha value is -4.24. The minimum absolute atomic E-state index is 0.00247. The normalized spacial score (nSPS) is 18.6. The predicted molar refractivity (Wildman–Crippen MR) is 137 cm³/mol. The Morgan fingerprint density at radius 1 is 0.947 bits per heavy atom. The van der Waals surface area contributed by atoms with Gasteiger partial charge in [0, 0.05) is 19.1 Å². The number of hydrogen-bond donors (Lipinski definition) is 1. The molecule has 1 fully saturated rings. The van der Waals surface area contributed by atoms with Crippen molar-refractivity contribution in [1.29, 1.82) is 0 Å². The lowest BCUT2D eigenvalue weighted by molar-refractivity contribution is -0.154. The molecule has 2 atom stereocenters. The van der Waals surface area contributed by atoms with Gasteiger partial charge >= 0.3 is 5.97 Å². The van der Waals surface area contributed by atoms with E-state index < -0.39 is 36.0 Å². The highest BCUT2D eigenvalue weighted by Crippen LogP contribution is 2.32. The number of methoxy groups -OCH3 is 1. The SMILES string of the molecule is COC[C@@]1(F)CC(C(=O)OCc2ccccc2)N(C(=O)CNC(=O)c2ccc(Oc3ccccc3)cc2)C1. The maximum atomic E-state index is 15.3. The van der Waals surface area contributed by atoms with Crippen LogP contribution in [0, 0.1) is 0 Å². The van der Waals surface area contributed by atoms with E-state index in [1.165, 1.54) is 7.11 Å². The van der Waals surface area contributed by atoms with Crippen molar-refractivity contribution < 1.29 is 33.0 Å². The van der Waals surface area contributed by atoms with Gasteiger partial charge in [0.2, 0.25) is 5.91 Å². The molecule has 1 unspecified atom stereocenters. The molecular weight excluding hydrogens is 491 g/mol. The fourth-order valence-electron chi connectivity index (χ4n) is 4.26. The van der Waals surface area contributed by atoms with Crippen molar-refractivity contribution in [2.45, 2.75) is 24.7 Å². The summed E-state index contributed by atoms with van der Waals surface area (Å²) in [6, 6.07) is 23.6. The highest BCUT2D eigenvalue weighted by molar-refractivity contribution is 5.97. The number of carbonyl (C=O) groups is 3. The van der Waals surface area contributed by atoms with Crippen LogP contribution in [0.5, 0.6) is 11.5 Å². The Morgan fingerprint density at radius 3 is 2.24 bits per heavy atom. The van der Waals surface area contributed by atoms with Crippen LogP contribution in [-0.2, 0) is 25.7 Å². The van der Waals surface area contributed by atoms with Crippen LogP contribution in [0.25, 0.3) is 0 Å². The third-order valence-electron chi connectivity index (χ3n) is 6.10. The van der Waals surface area contributed by atoms with E-state index in [1.807, 2.05) is 48.5 Å². The standard InChI is InChI=1S/C29H29FN2O6/c1-36-20-29(30)16-25(28(35)37-18-21-8-4-2-5-9-21)32(19-29)26(33)17-31-27(34)22-12-14-24(15-13-22)38-23-10-6-3-7-11-23/h2-15,25H,16-20H2,1H3,(H,31,34)/t25?,29-/m1/s1. The van der Waals surface area contributed by atoms with E-state index in [1.54, 1.807) is 36.4 Å². The Kier molecular flexibility index (Phi) is 8.70. The van der Waals surface area contributed by atoms with Crippen LogP contribution in [0.4, 0.5) is 4.39 Å². The number of nitrogens with zero attached hydrogens (tertiary/aromatic N) is 1. The van der Waals surface area contributed by atoms with Gasteiger partial charge in [0.05, 0.1) is 19.7 Å². The number of benzene rings is 3. The first-order chi connectivity index (χ1) is 18.4. The number of rotatable bonds is 10. The minimum Gasteiger partial charge on any atom is -0.459 e. The number of amides is 2. The van der Waals surface area contributed by atoms with Gasteiger partial charge in [-0.25, -0.2) is 9.18 Å². The topological polar surface area (TPSA) is 94.2 Å².